The topological polar surface area (TPSA) is 105 Å². The third-order valence-electron chi connectivity index (χ3n) is 6.12. The van der Waals surface area contributed by atoms with Crippen molar-refractivity contribution in [2.75, 3.05) is 56.7 Å². The predicted octanol–water partition coefficient (Wildman–Crippen LogP) is 0.127. The predicted molar refractivity (Wildman–Crippen MR) is 131 cm³/mol. The Labute approximate surface area is 199 Å². The number of hydrogen-bond acceptors (Lipinski definition) is 9. The first kappa shape index (κ1) is 22.2. The van der Waals surface area contributed by atoms with Gasteiger partial charge in [-0.2, -0.15) is 0 Å². The molecule has 0 aliphatic carbocycles. The molecule has 1 atom stereocenters. The molecule has 2 aromatic heterocycles. The monoisotopic (exact) mass is 512 g/mol. The number of anilines is 2. The number of methoxy groups -OCH3 is 1. The third kappa shape index (κ3) is 5.00. The summed E-state index contributed by atoms with van der Waals surface area (Å²) in [5.41, 5.74) is 1.17. The number of nitrogens with zero attached hydrogens (tertiary/aromatic N) is 4. The van der Waals surface area contributed by atoms with Crippen LogP contribution in [0.3, 0.4) is 0 Å². The number of fused-ring (bicyclic) bond motifs is 1. The van der Waals surface area contributed by atoms with Crippen LogP contribution in [0.25, 0.3) is 10.8 Å². The zero-order chi connectivity index (χ0) is 22.6. The molecule has 2 aliphatic rings. The first-order chi connectivity index (χ1) is 16.2. The zero-order valence-electron chi connectivity index (χ0n) is 18.7. The van der Waals surface area contributed by atoms with Gasteiger partial charge < -0.3 is 0 Å². The molecule has 2 saturated heterocycles. The van der Waals surface area contributed by atoms with E-state index in [4.69, 9.17) is 14.5 Å². The van der Waals surface area contributed by atoms with Crippen LogP contribution in [0.1, 0.15) is 12.8 Å². The minimum atomic E-state index is -0.922. The second-order valence-electron chi connectivity index (χ2n) is 8.27. The van der Waals surface area contributed by atoms with Crippen molar-refractivity contribution in [2.45, 2.75) is 18.9 Å². The number of ether oxygens (including phenoxy) is 2. The Morgan fingerprint density at radius 3 is 2.82 bits per heavy atom. The Bertz CT molecular complexity index is 1120. The number of piperazine rings is 1. The summed E-state index contributed by atoms with van der Waals surface area (Å²) in [6, 6.07) is 8.70. The summed E-state index contributed by atoms with van der Waals surface area (Å²) in [6.07, 6.45) is 3.59. The van der Waals surface area contributed by atoms with Crippen molar-refractivity contribution in [3.8, 4) is 11.6 Å². The Morgan fingerprint density at radius 1 is 1.21 bits per heavy atom. The number of hydrogen-bond donors (Lipinski definition) is 3. The van der Waals surface area contributed by atoms with Crippen molar-refractivity contribution in [2.24, 2.45) is 0 Å². The van der Waals surface area contributed by atoms with E-state index in [1.807, 2.05) is 6.07 Å². The average Bonchev–Trinajstić information content (AvgIpc) is 2.85. The van der Waals surface area contributed by atoms with E-state index in [1.165, 1.54) is 5.69 Å². The summed E-state index contributed by atoms with van der Waals surface area (Å²) in [7, 11) is 1.71. The maximum atomic E-state index is 10.5. The molecule has 1 unspecified atom stereocenters. The van der Waals surface area contributed by atoms with Crippen molar-refractivity contribution in [1.29, 1.82) is 0 Å². The maximum absolute atomic E-state index is 10.5. The molecule has 0 spiro atoms. The Morgan fingerprint density at radius 2 is 2.03 bits per heavy atom. The number of rotatable bonds is 6. The second-order valence-corrected chi connectivity index (χ2v) is 10.9. The molecule has 9 nitrogen and oxygen atoms in total. The molecule has 33 heavy (non-hydrogen) atoms. The minimum absolute atomic E-state index is 0.0761. The average molecular weight is 512 g/mol. The summed E-state index contributed by atoms with van der Waals surface area (Å²) in [4.78, 5) is 7.31. The molecule has 3 N–H and O–H groups in total. The normalized spacial score (nSPS) is 17.7. The number of aromatic nitrogens is 3. The Balaban J connectivity index is 1.48. The summed E-state index contributed by atoms with van der Waals surface area (Å²) in [5, 5.41) is 26.8. The number of nitrogens with one attached hydrogen (secondary N) is 2. The fraction of sp³-hybridized carbons (Fsp3) is 0.435. The van der Waals surface area contributed by atoms with Gasteiger partial charge in [-0.25, -0.2) is 0 Å². The summed E-state index contributed by atoms with van der Waals surface area (Å²) < 4.78 is 13.3. The standard InChI is InChI=1S/C23H29AsN6O3/c1-32-19-13-17(30-8-6-25-7-9-30)2-3-18(19)24-22-21-15(14-26-29-23(21)31)12-20(28-22)27-16-4-10-33-11-5-16/h2-3,12-14,16,24-25H,4-11H2,1H3,(H,27,28)(H,29,31). The van der Waals surface area contributed by atoms with E-state index < -0.39 is 15.8 Å². The molecule has 174 valence electrons. The van der Waals surface area contributed by atoms with Gasteiger partial charge in [0.05, 0.1) is 0 Å². The second kappa shape index (κ2) is 10.1. The van der Waals surface area contributed by atoms with Gasteiger partial charge in [-0.15, -0.1) is 0 Å². The van der Waals surface area contributed by atoms with Crippen molar-refractivity contribution in [1.82, 2.24) is 20.5 Å². The number of benzene rings is 1. The van der Waals surface area contributed by atoms with Gasteiger partial charge in [0.15, 0.2) is 0 Å². The molecule has 4 heterocycles. The Hall–Kier alpha value is -2.61. The van der Waals surface area contributed by atoms with Crippen LogP contribution in [-0.4, -0.2) is 88.6 Å². The Kier molecular flexibility index (Phi) is 6.80. The van der Waals surface area contributed by atoms with E-state index in [2.05, 4.69) is 43.9 Å². The third-order valence-corrected chi connectivity index (χ3v) is 8.80. The van der Waals surface area contributed by atoms with Gasteiger partial charge in [0.25, 0.3) is 0 Å². The van der Waals surface area contributed by atoms with Crippen molar-refractivity contribution in [3.63, 3.8) is 0 Å². The molecule has 5 rings (SSSR count). The molecule has 1 aromatic carbocycles. The molecule has 0 saturated carbocycles. The van der Waals surface area contributed by atoms with E-state index >= 15 is 0 Å². The van der Waals surface area contributed by atoms with Crippen LogP contribution >= 0.6 is 0 Å². The molecular weight excluding hydrogens is 483 g/mol. The van der Waals surface area contributed by atoms with Crippen molar-refractivity contribution >= 4 is 46.9 Å². The zero-order valence-corrected chi connectivity index (χ0v) is 20.8. The summed E-state index contributed by atoms with van der Waals surface area (Å²) >= 11 is -0.922. The summed E-state index contributed by atoms with van der Waals surface area (Å²) in [6.45, 7) is 5.46. The van der Waals surface area contributed by atoms with E-state index in [0.29, 0.717) is 11.4 Å². The first-order valence-corrected chi connectivity index (χ1v) is 13.4. The number of pyridine rings is 1. The van der Waals surface area contributed by atoms with Gasteiger partial charge in [0, 0.05) is 0 Å². The molecule has 0 bridgehead atoms. The number of aromatic hydroxyl groups is 1. The van der Waals surface area contributed by atoms with Crippen molar-refractivity contribution in [3.05, 3.63) is 30.5 Å². The van der Waals surface area contributed by atoms with Gasteiger partial charge in [-0.1, -0.05) is 0 Å². The van der Waals surface area contributed by atoms with Gasteiger partial charge in [-0.3, -0.25) is 0 Å². The summed E-state index contributed by atoms with van der Waals surface area (Å²) in [5.74, 6) is 1.59. The van der Waals surface area contributed by atoms with Crippen LogP contribution in [0.15, 0.2) is 30.5 Å². The van der Waals surface area contributed by atoms with Crippen LogP contribution in [0.5, 0.6) is 11.6 Å². The molecule has 2 aliphatic heterocycles. The molecule has 10 heteroatoms. The van der Waals surface area contributed by atoms with Crippen molar-refractivity contribution < 1.29 is 14.6 Å². The van der Waals surface area contributed by atoms with Gasteiger partial charge in [-0.05, 0) is 0 Å². The molecular formula is C23H29AsN6O3. The molecule has 0 amide bonds. The van der Waals surface area contributed by atoms with Gasteiger partial charge >= 0.3 is 200 Å². The van der Waals surface area contributed by atoms with Crippen LogP contribution < -0.4 is 29.1 Å². The van der Waals surface area contributed by atoms with E-state index in [0.717, 1.165) is 78.0 Å². The molecule has 0 radical (unpaired) electrons. The SMILES string of the molecule is COc1cc(N2CCNCC2)ccc1[AsH]c1nc(NC2CCOCC2)cc2cnnc(O)c12. The molecule has 3 aromatic rings. The van der Waals surface area contributed by atoms with Crippen LogP contribution in [0.4, 0.5) is 11.5 Å². The van der Waals surface area contributed by atoms with Crippen LogP contribution in [0.2, 0.25) is 0 Å². The molecule has 2 fully saturated rings. The first-order valence-electron chi connectivity index (χ1n) is 11.3. The fourth-order valence-electron chi connectivity index (χ4n) is 4.34. The van der Waals surface area contributed by atoms with E-state index in [-0.39, 0.29) is 5.88 Å². The van der Waals surface area contributed by atoms with E-state index in [9.17, 15) is 5.11 Å². The van der Waals surface area contributed by atoms with Crippen LogP contribution in [-0.2, 0) is 4.74 Å². The van der Waals surface area contributed by atoms with Gasteiger partial charge in [0.2, 0.25) is 0 Å². The van der Waals surface area contributed by atoms with E-state index in [1.54, 1.807) is 13.3 Å². The fourth-order valence-corrected chi connectivity index (χ4v) is 7.02. The van der Waals surface area contributed by atoms with Crippen LogP contribution in [0, 0.1) is 0 Å². The van der Waals surface area contributed by atoms with Gasteiger partial charge in [0.1, 0.15) is 0 Å². The quantitative estimate of drug-likeness (QED) is 0.398.